The fourth-order valence-corrected chi connectivity index (χ4v) is 5.07. The largest absolute Gasteiger partial charge is 0.339 e. The van der Waals surface area contributed by atoms with Gasteiger partial charge in [0.05, 0.1) is 11.4 Å². The lowest BCUT2D eigenvalue weighted by Gasteiger charge is -2.34. The molecule has 3 rings (SSSR count). The Kier molecular flexibility index (Phi) is 7.05. The molecule has 0 unspecified atom stereocenters. The lowest BCUT2D eigenvalue weighted by molar-refractivity contribution is -0.131. The average molecular weight is 416 g/mol. The SMILES string of the molecule is CC(C)[C@H](NCC(=O)N1CCN(S(=O)(=O)c2ccccc2)CC1)c1ccccc1. The first kappa shape index (κ1) is 21.5. The summed E-state index contributed by atoms with van der Waals surface area (Å²) in [5.74, 6) is 0.349. The molecular formula is C22H29N3O3S. The molecule has 2 aromatic rings. The molecule has 0 aliphatic carbocycles. The molecule has 2 aromatic carbocycles. The summed E-state index contributed by atoms with van der Waals surface area (Å²) in [4.78, 5) is 14.7. The zero-order valence-corrected chi connectivity index (χ0v) is 17.8. The highest BCUT2D eigenvalue weighted by Gasteiger charge is 2.30. The smallest absolute Gasteiger partial charge is 0.243 e. The van der Waals surface area contributed by atoms with Crippen molar-refractivity contribution in [2.24, 2.45) is 5.92 Å². The van der Waals surface area contributed by atoms with Gasteiger partial charge in [-0.1, -0.05) is 62.4 Å². The average Bonchev–Trinajstić information content (AvgIpc) is 2.75. The number of carbonyl (C=O) groups excluding carboxylic acids is 1. The summed E-state index contributed by atoms with van der Waals surface area (Å²) in [5, 5.41) is 3.38. The van der Waals surface area contributed by atoms with Crippen molar-refractivity contribution >= 4 is 15.9 Å². The van der Waals surface area contributed by atoms with Gasteiger partial charge in [-0.3, -0.25) is 4.79 Å². The molecule has 0 spiro atoms. The molecule has 1 aliphatic rings. The van der Waals surface area contributed by atoms with E-state index in [0.29, 0.717) is 37.0 Å². The molecule has 1 N–H and O–H groups in total. The van der Waals surface area contributed by atoms with Crippen LogP contribution in [0.2, 0.25) is 0 Å². The summed E-state index contributed by atoms with van der Waals surface area (Å²) in [6.45, 7) is 5.94. The Labute approximate surface area is 173 Å². The number of hydrogen-bond donors (Lipinski definition) is 1. The Morgan fingerprint density at radius 1 is 0.931 bits per heavy atom. The molecule has 7 heteroatoms. The van der Waals surface area contributed by atoms with Gasteiger partial charge in [0.25, 0.3) is 0 Å². The van der Waals surface area contributed by atoms with Gasteiger partial charge in [-0.25, -0.2) is 8.42 Å². The van der Waals surface area contributed by atoms with Crippen molar-refractivity contribution in [3.8, 4) is 0 Å². The molecule has 1 heterocycles. The number of piperazine rings is 1. The van der Waals surface area contributed by atoms with E-state index in [4.69, 9.17) is 0 Å². The molecule has 0 radical (unpaired) electrons. The molecule has 0 aromatic heterocycles. The third-order valence-corrected chi connectivity index (χ3v) is 7.18. The zero-order chi connectivity index (χ0) is 20.9. The second-order valence-electron chi connectivity index (χ2n) is 7.61. The number of nitrogens with zero attached hydrogens (tertiary/aromatic N) is 2. The summed E-state index contributed by atoms with van der Waals surface area (Å²) in [6.07, 6.45) is 0. The number of amides is 1. The predicted octanol–water partition coefficient (Wildman–Crippen LogP) is 2.51. The maximum atomic E-state index is 12.7. The van der Waals surface area contributed by atoms with Crippen LogP contribution in [-0.2, 0) is 14.8 Å². The molecule has 1 amide bonds. The lowest BCUT2D eigenvalue weighted by Crippen LogP contribution is -2.52. The molecule has 1 saturated heterocycles. The summed E-state index contributed by atoms with van der Waals surface area (Å²) in [6, 6.07) is 18.6. The molecule has 6 nitrogen and oxygen atoms in total. The van der Waals surface area contributed by atoms with Gasteiger partial charge in [0.15, 0.2) is 0 Å². The van der Waals surface area contributed by atoms with Crippen LogP contribution in [0, 0.1) is 5.92 Å². The molecule has 1 atom stereocenters. The predicted molar refractivity (Wildman–Crippen MR) is 114 cm³/mol. The number of nitrogens with one attached hydrogen (secondary N) is 1. The van der Waals surface area contributed by atoms with E-state index in [1.165, 1.54) is 4.31 Å². The third kappa shape index (κ3) is 5.23. The minimum absolute atomic E-state index is 0.00309. The van der Waals surface area contributed by atoms with E-state index in [0.717, 1.165) is 5.56 Å². The summed E-state index contributed by atoms with van der Waals surface area (Å²) >= 11 is 0. The molecule has 1 aliphatic heterocycles. The van der Waals surface area contributed by atoms with Crippen LogP contribution < -0.4 is 5.32 Å². The molecule has 29 heavy (non-hydrogen) atoms. The van der Waals surface area contributed by atoms with E-state index >= 15 is 0 Å². The maximum absolute atomic E-state index is 12.7. The van der Waals surface area contributed by atoms with Crippen molar-refractivity contribution in [3.63, 3.8) is 0 Å². The van der Waals surface area contributed by atoms with E-state index in [1.54, 1.807) is 35.2 Å². The van der Waals surface area contributed by atoms with Gasteiger partial charge in [-0.15, -0.1) is 0 Å². The van der Waals surface area contributed by atoms with Crippen molar-refractivity contribution in [2.45, 2.75) is 24.8 Å². The Hall–Kier alpha value is -2.22. The van der Waals surface area contributed by atoms with Gasteiger partial charge >= 0.3 is 0 Å². The maximum Gasteiger partial charge on any atom is 0.243 e. The third-order valence-electron chi connectivity index (χ3n) is 5.27. The van der Waals surface area contributed by atoms with Gasteiger partial charge in [-0.05, 0) is 23.6 Å². The minimum Gasteiger partial charge on any atom is -0.339 e. The Balaban J connectivity index is 1.55. The second-order valence-corrected chi connectivity index (χ2v) is 9.55. The number of hydrogen-bond acceptors (Lipinski definition) is 4. The van der Waals surface area contributed by atoms with Gasteiger partial charge in [0.1, 0.15) is 0 Å². The van der Waals surface area contributed by atoms with Crippen LogP contribution in [0.25, 0.3) is 0 Å². The first-order valence-corrected chi connectivity index (χ1v) is 11.4. The summed E-state index contributed by atoms with van der Waals surface area (Å²) in [7, 11) is -3.50. The topological polar surface area (TPSA) is 69.7 Å². The number of rotatable bonds is 7. The zero-order valence-electron chi connectivity index (χ0n) is 17.0. The summed E-state index contributed by atoms with van der Waals surface area (Å²) < 4.78 is 26.9. The van der Waals surface area contributed by atoms with Crippen LogP contribution in [0.5, 0.6) is 0 Å². The number of benzene rings is 2. The van der Waals surface area contributed by atoms with Crippen molar-refractivity contribution in [2.75, 3.05) is 32.7 Å². The highest BCUT2D eigenvalue weighted by Crippen LogP contribution is 2.21. The Morgan fingerprint density at radius 2 is 1.48 bits per heavy atom. The molecule has 156 valence electrons. The number of carbonyl (C=O) groups is 1. The fourth-order valence-electron chi connectivity index (χ4n) is 3.63. The van der Waals surface area contributed by atoms with E-state index in [1.807, 2.05) is 18.2 Å². The second kappa shape index (κ2) is 9.52. The highest BCUT2D eigenvalue weighted by atomic mass is 32.2. The fraction of sp³-hybridized carbons (Fsp3) is 0.409. The van der Waals surface area contributed by atoms with Gasteiger partial charge in [-0.2, -0.15) is 4.31 Å². The van der Waals surface area contributed by atoms with Crippen molar-refractivity contribution < 1.29 is 13.2 Å². The van der Waals surface area contributed by atoms with Crippen LogP contribution in [0.4, 0.5) is 0 Å². The summed E-state index contributed by atoms with van der Waals surface area (Å²) in [5.41, 5.74) is 1.16. The first-order chi connectivity index (χ1) is 13.9. The van der Waals surface area contributed by atoms with Crippen molar-refractivity contribution in [1.82, 2.24) is 14.5 Å². The van der Waals surface area contributed by atoms with E-state index in [-0.39, 0.29) is 18.5 Å². The van der Waals surface area contributed by atoms with E-state index in [9.17, 15) is 13.2 Å². The molecular weight excluding hydrogens is 386 g/mol. The van der Waals surface area contributed by atoms with E-state index < -0.39 is 10.0 Å². The van der Waals surface area contributed by atoms with Crippen LogP contribution in [0.15, 0.2) is 65.6 Å². The van der Waals surface area contributed by atoms with Crippen LogP contribution in [0.3, 0.4) is 0 Å². The lowest BCUT2D eigenvalue weighted by atomic mass is 9.96. The normalized spacial score (nSPS) is 16.7. The minimum atomic E-state index is -3.50. The van der Waals surface area contributed by atoms with Crippen molar-refractivity contribution in [1.29, 1.82) is 0 Å². The van der Waals surface area contributed by atoms with Crippen molar-refractivity contribution in [3.05, 3.63) is 66.2 Å². The first-order valence-electron chi connectivity index (χ1n) is 10.0. The monoisotopic (exact) mass is 415 g/mol. The molecule has 0 saturated carbocycles. The van der Waals surface area contributed by atoms with Gasteiger partial charge < -0.3 is 10.2 Å². The standard InChI is InChI=1S/C22H29N3O3S/c1-18(2)22(19-9-5-3-6-10-19)23-17-21(26)24-13-15-25(16-14-24)29(27,28)20-11-7-4-8-12-20/h3-12,18,22-23H,13-17H2,1-2H3/t22-/m0/s1. The van der Waals surface area contributed by atoms with E-state index in [2.05, 4.69) is 31.3 Å². The molecule has 1 fully saturated rings. The van der Waals surface area contributed by atoms with Crippen LogP contribution in [-0.4, -0.2) is 56.3 Å². The Bertz CT molecular complexity index is 893. The highest BCUT2D eigenvalue weighted by molar-refractivity contribution is 7.89. The van der Waals surface area contributed by atoms with Crippen LogP contribution in [0.1, 0.15) is 25.5 Å². The quantitative estimate of drug-likeness (QED) is 0.754. The van der Waals surface area contributed by atoms with Gasteiger partial charge in [0, 0.05) is 32.2 Å². The van der Waals surface area contributed by atoms with Gasteiger partial charge in [0.2, 0.25) is 15.9 Å². The van der Waals surface area contributed by atoms with Crippen LogP contribution >= 0.6 is 0 Å². The Morgan fingerprint density at radius 3 is 2.03 bits per heavy atom. The number of sulfonamides is 1. The molecule has 0 bridgehead atoms.